The molecular weight excluding hydrogens is 289 g/mol. The zero-order valence-corrected chi connectivity index (χ0v) is 10.6. The van der Waals surface area contributed by atoms with Crippen molar-refractivity contribution in [1.82, 2.24) is 0 Å². The summed E-state index contributed by atoms with van der Waals surface area (Å²) in [6.07, 6.45) is 3.48. The fourth-order valence-corrected chi connectivity index (χ4v) is 1.54. The molecule has 0 aliphatic heterocycles. The van der Waals surface area contributed by atoms with Crippen LogP contribution in [0, 0.1) is 0 Å². The van der Waals surface area contributed by atoms with Gasteiger partial charge in [-0.1, -0.05) is 22.0 Å². The van der Waals surface area contributed by atoms with Crippen molar-refractivity contribution in [2.24, 2.45) is 0 Å². The standard InChI is InChI=1S/C12H9BrNO.ClH/c13-11-6-4-10(5-7-11)12(15)14-8-2-1-3-9-14;/h1-9H;1H/q+1;/p-1. The molecule has 82 valence electrons. The van der Waals surface area contributed by atoms with Gasteiger partial charge in [0.15, 0.2) is 12.4 Å². The zero-order valence-electron chi connectivity index (χ0n) is 8.31. The molecule has 4 heteroatoms. The average Bonchev–Trinajstić information content (AvgIpc) is 2.30. The maximum absolute atomic E-state index is 11.9. The first kappa shape index (κ1) is 12.9. The van der Waals surface area contributed by atoms with Crippen molar-refractivity contribution in [1.29, 1.82) is 0 Å². The topological polar surface area (TPSA) is 20.9 Å². The van der Waals surface area contributed by atoms with Crippen LogP contribution in [0.3, 0.4) is 0 Å². The minimum atomic E-state index is -0.0249. The Morgan fingerprint density at radius 2 is 1.56 bits per heavy atom. The Balaban J connectivity index is 0.00000128. The third-order valence-electron chi connectivity index (χ3n) is 2.04. The molecule has 0 unspecified atom stereocenters. The van der Waals surface area contributed by atoms with E-state index in [1.807, 2.05) is 30.3 Å². The fourth-order valence-electron chi connectivity index (χ4n) is 1.28. The van der Waals surface area contributed by atoms with Crippen LogP contribution in [0.15, 0.2) is 59.3 Å². The predicted molar refractivity (Wildman–Crippen MR) is 60.5 cm³/mol. The van der Waals surface area contributed by atoms with E-state index in [1.165, 1.54) is 0 Å². The first-order valence-corrected chi connectivity index (χ1v) is 5.33. The smallest absolute Gasteiger partial charge is 0.424 e. The van der Waals surface area contributed by atoms with E-state index in [0.717, 1.165) is 4.47 Å². The van der Waals surface area contributed by atoms with Gasteiger partial charge >= 0.3 is 5.91 Å². The zero-order chi connectivity index (χ0) is 10.7. The molecule has 0 bridgehead atoms. The molecule has 2 aromatic rings. The molecule has 1 aromatic carbocycles. The Bertz CT molecular complexity index is 470. The van der Waals surface area contributed by atoms with E-state index < -0.39 is 0 Å². The van der Waals surface area contributed by atoms with Gasteiger partial charge in [0.2, 0.25) is 0 Å². The van der Waals surface area contributed by atoms with Crippen molar-refractivity contribution in [3.8, 4) is 0 Å². The molecular formula is C12H9BrClNO. The summed E-state index contributed by atoms with van der Waals surface area (Å²) in [5, 5.41) is 0. The number of carbonyl (C=O) groups excluding carboxylic acids is 1. The Morgan fingerprint density at radius 3 is 2.12 bits per heavy atom. The largest absolute Gasteiger partial charge is 1.00 e. The highest BCUT2D eigenvalue weighted by molar-refractivity contribution is 9.10. The second-order valence-corrected chi connectivity index (χ2v) is 4.01. The lowest BCUT2D eigenvalue weighted by molar-refractivity contribution is -0.570. The number of aromatic nitrogens is 1. The summed E-state index contributed by atoms with van der Waals surface area (Å²) < 4.78 is 2.53. The van der Waals surface area contributed by atoms with Crippen LogP contribution in [-0.4, -0.2) is 5.91 Å². The van der Waals surface area contributed by atoms with Gasteiger partial charge in [-0.2, -0.15) is 0 Å². The third kappa shape index (κ3) is 2.90. The number of hydrogen-bond donors (Lipinski definition) is 0. The van der Waals surface area contributed by atoms with Crippen molar-refractivity contribution >= 4 is 21.8 Å². The fraction of sp³-hybridized carbons (Fsp3) is 0. The summed E-state index contributed by atoms with van der Waals surface area (Å²) in [6.45, 7) is 0. The van der Waals surface area contributed by atoms with Gasteiger partial charge in [-0.15, -0.1) is 4.57 Å². The average molecular weight is 299 g/mol. The summed E-state index contributed by atoms with van der Waals surface area (Å²) in [4.78, 5) is 11.9. The predicted octanol–water partition coefficient (Wildman–Crippen LogP) is -0.571. The number of halogens is 2. The summed E-state index contributed by atoms with van der Waals surface area (Å²) >= 11 is 3.33. The van der Waals surface area contributed by atoms with Crippen LogP contribution in [0.4, 0.5) is 0 Å². The number of rotatable bonds is 1. The number of nitrogens with zero attached hydrogens (tertiary/aromatic N) is 1. The van der Waals surface area contributed by atoms with Gasteiger partial charge in [-0.05, 0) is 24.3 Å². The van der Waals surface area contributed by atoms with E-state index in [1.54, 1.807) is 29.1 Å². The Labute approximate surface area is 108 Å². The summed E-state index contributed by atoms with van der Waals surface area (Å²) in [5.74, 6) is -0.0249. The first-order chi connectivity index (χ1) is 7.27. The number of carbonyl (C=O) groups is 1. The lowest BCUT2D eigenvalue weighted by Crippen LogP contribution is -3.00. The van der Waals surface area contributed by atoms with E-state index >= 15 is 0 Å². The van der Waals surface area contributed by atoms with Gasteiger partial charge in [0.05, 0.1) is 5.56 Å². The Kier molecular flexibility index (Phi) is 4.65. The van der Waals surface area contributed by atoms with E-state index in [2.05, 4.69) is 15.9 Å². The Hall–Kier alpha value is -1.19. The molecule has 0 spiro atoms. The third-order valence-corrected chi connectivity index (χ3v) is 2.57. The molecule has 0 saturated carbocycles. The van der Waals surface area contributed by atoms with Crippen molar-refractivity contribution in [2.45, 2.75) is 0 Å². The molecule has 2 rings (SSSR count). The van der Waals surface area contributed by atoms with Crippen LogP contribution in [0.1, 0.15) is 10.4 Å². The minimum absolute atomic E-state index is 0. The van der Waals surface area contributed by atoms with Gasteiger partial charge in [-0.3, -0.25) is 0 Å². The molecule has 0 radical (unpaired) electrons. The van der Waals surface area contributed by atoms with Gasteiger partial charge in [-0.25, -0.2) is 4.79 Å². The number of benzene rings is 1. The lowest BCUT2D eigenvalue weighted by atomic mass is 10.2. The van der Waals surface area contributed by atoms with Crippen molar-refractivity contribution in [3.05, 3.63) is 64.9 Å². The maximum atomic E-state index is 11.9. The number of pyridine rings is 1. The normalized spacial score (nSPS) is 9.31. The molecule has 0 saturated heterocycles. The van der Waals surface area contributed by atoms with E-state index in [-0.39, 0.29) is 18.3 Å². The highest BCUT2D eigenvalue weighted by Crippen LogP contribution is 2.10. The molecule has 0 atom stereocenters. The summed E-state index contributed by atoms with van der Waals surface area (Å²) in [7, 11) is 0. The molecule has 0 aliphatic carbocycles. The summed E-state index contributed by atoms with van der Waals surface area (Å²) in [5.41, 5.74) is 0.675. The SMILES string of the molecule is O=C(c1ccc(Br)cc1)[n+]1ccccc1.[Cl-]. The van der Waals surface area contributed by atoms with Gasteiger partial charge in [0.1, 0.15) is 0 Å². The lowest BCUT2D eigenvalue weighted by Gasteiger charge is -1.95. The molecule has 0 aliphatic rings. The second kappa shape index (κ2) is 5.77. The van der Waals surface area contributed by atoms with Gasteiger partial charge in [0, 0.05) is 16.6 Å². The van der Waals surface area contributed by atoms with E-state index in [0.29, 0.717) is 5.56 Å². The highest BCUT2D eigenvalue weighted by atomic mass is 79.9. The number of hydrogen-bond acceptors (Lipinski definition) is 1. The van der Waals surface area contributed by atoms with Crippen LogP contribution in [0.5, 0.6) is 0 Å². The summed E-state index contributed by atoms with van der Waals surface area (Å²) in [6, 6.07) is 12.9. The first-order valence-electron chi connectivity index (χ1n) is 4.54. The monoisotopic (exact) mass is 297 g/mol. The van der Waals surface area contributed by atoms with Crippen molar-refractivity contribution < 1.29 is 21.8 Å². The minimum Gasteiger partial charge on any atom is -1.00 e. The van der Waals surface area contributed by atoms with Crippen molar-refractivity contribution in [2.75, 3.05) is 0 Å². The Morgan fingerprint density at radius 1 is 1.00 bits per heavy atom. The molecule has 0 amide bonds. The van der Waals surface area contributed by atoms with Crippen LogP contribution in [0.2, 0.25) is 0 Å². The van der Waals surface area contributed by atoms with Crippen LogP contribution in [-0.2, 0) is 0 Å². The second-order valence-electron chi connectivity index (χ2n) is 3.09. The van der Waals surface area contributed by atoms with Gasteiger partial charge < -0.3 is 12.4 Å². The molecule has 1 heterocycles. The van der Waals surface area contributed by atoms with Gasteiger partial charge in [0.25, 0.3) is 0 Å². The van der Waals surface area contributed by atoms with Crippen LogP contribution < -0.4 is 17.0 Å². The van der Waals surface area contributed by atoms with Crippen LogP contribution in [0.25, 0.3) is 0 Å². The molecule has 0 N–H and O–H groups in total. The quantitative estimate of drug-likeness (QED) is 0.646. The molecule has 1 aromatic heterocycles. The maximum Gasteiger partial charge on any atom is 0.424 e. The molecule has 2 nitrogen and oxygen atoms in total. The van der Waals surface area contributed by atoms with E-state index in [9.17, 15) is 4.79 Å². The van der Waals surface area contributed by atoms with Crippen LogP contribution >= 0.6 is 15.9 Å². The molecule has 16 heavy (non-hydrogen) atoms. The molecule has 0 fully saturated rings. The van der Waals surface area contributed by atoms with Crippen molar-refractivity contribution in [3.63, 3.8) is 0 Å². The van der Waals surface area contributed by atoms with E-state index in [4.69, 9.17) is 0 Å². The highest BCUT2D eigenvalue weighted by Gasteiger charge is 2.15.